The van der Waals surface area contributed by atoms with Gasteiger partial charge in [0.15, 0.2) is 0 Å². The summed E-state index contributed by atoms with van der Waals surface area (Å²) in [6.07, 6.45) is 5.58. The lowest BCUT2D eigenvalue weighted by atomic mass is 10.0. The van der Waals surface area contributed by atoms with Crippen LogP contribution in [0.15, 0.2) is 36.1 Å². The van der Waals surface area contributed by atoms with Gasteiger partial charge in [-0.25, -0.2) is 0 Å². The summed E-state index contributed by atoms with van der Waals surface area (Å²) >= 11 is 0. The Bertz CT molecular complexity index is 394. The third-order valence-electron chi connectivity index (χ3n) is 3.38. The van der Waals surface area contributed by atoms with Crippen molar-refractivity contribution in [1.29, 1.82) is 0 Å². The van der Waals surface area contributed by atoms with E-state index in [-0.39, 0.29) is 6.04 Å². The van der Waals surface area contributed by atoms with Crippen LogP contribution in [0.3, 0.4) is 0 Å². The maximum atomic E-state index is 5.80. The van der Waals surface area contributed by atoms with Crippen molar-refractivity contribution in [3.63, 3.8) is 0 Å². The normalized spacial score (nSPS) is 16.9. The zero-order valence-electron chi connectivity index (χ0n) is 11.4. The van der Waals surface area contributed by atoms with E-state index in [0.29, 0.717) is 0 Å². The van der Waals surface area contributed by atoms with Crippen molar-refractivity contribution < 1.29 is 4.74 Å². The lowest BCUT2D eigenvalue weighted by Crippen LogP contribution is -2.25. The summed E-state index contributed by atoms with van der Waals surface area (Å²) in [6, 6.07) is 9.06. The molecule has 1 aromatic carbocycles. The third-order valence-corrected chi connectivity index (χ3v) is 3.38. The van der Waals surface area contributed by atoms with Gasteiger partial charge in [-0.1, -0.05) is 38.1 Å². The highest BCUT2D eigenvalue weighted by molar-refractivity contribution is 5.29. The van der Waals surface area contributed by atoms with E-state index >= 15 is 0 Å². The fourth-order valence-electron chi connectivity index (χ4n) is 2.31. The van der Waals surface area contributed by atoms with Gasteiger partial charge in [0.1, 0.15) is 5.76 Å². The van der Waals surface area contributed by atoms with Gasteiger partial charge in [-0.05, 0) is 43.0 Å². The maximum absolute atomic E-state index is 5.80. The Kier molecular flexibility index (Phi) is 4.82. The third kappa shape index (κ3) is 3.14. The van der Waals surface area contributed by atoms with Crippen molar-refractivity contribution in [2.75, 3.05) is 13.2 Å². The Labute approximate surface area is 110 Å². The molecule has 2 rings (SSSR count). The fraction of sp³-hybridized carbons (Fsp3) is 0.500. The van der Waals surface area contributed by atoms with E-state index in [4.69, 9.17) is 4.74 Å². The topological polar surface area (TPSA) is 21.3 Å². The highest BCUT2D eigenvalue weighted by Gasteiger charge is 2.18. The molecule has 0 spiro atoms. The van der Waals surface area contributed by atoms with E-state index < -0.39 is 0 Å². The van der Waals surface area contributed by atoms with Crippen LogP contribution in [0.25, 0.3) is 0 Å². The van der Waals surface area contributed by atoms with Gasteiger partial charge in [0.2, 0.25) is 0 Å². The summed E-state index contributed by atoms with van der Waals surface area (Å²) in [5, 5.41) is 3.51. The lowest BCUT2D eigenvalue weighted by Gasteiger charge is -2.25. The average molecular weight is 245 g/mol. The fourth-order valence-corrected chi connectivity index (χ4v) is 2.31. The van der Waals surface area contributed by atoms with Crippen molar-refractivity contribution >= 4 is 0 Å². The largest absolute Gasteiger partial charge is 0.496 e. The highest BCUT2D eigenvalue weighted by atomic mass is 16.5. The lowest BCUT2D eigenvalue weighted by molar-refractivity contribution is 0.168. The number of ether oxygens (including phenoxy) is 1. The number of likely N-dealkylation sites (N-methyl/N-ethyl adjacent to an activating group) is 1. The van der Waals surface area contributed by atoms with E-state index in [1.54, 1.807) is 0 Å². The van der Waals surface area contributed by atoms with E-state index in [1.165, 1.54) is 11.1 Å². The number of hydrogen-bond donors (Lipinski definition) is 1. The van der Waals surface area contributed by atoms with E-state index in [0.717, 1.165) is 38.2 Å². The Morgan fingerprint density at radius 3 is 2.56 bits per heavy atom. The Hall–Kier alpha value is -1.28. The van der Waals surface area contributed by atoms with Crippen LogP contribution in [0.2, 0.25) is 0 Å². The number of rotatable bonds is 5. The van der Waals surface area contributed by atoms with Crippen LogP contribution >= 0.6 is 0 Å². The van der Waals surface area contributed by atoms with Crippen LogP contribution in [0.4, 0.5) is 0 Å². The van der Waals surface area contributed by atoms with E-state index in [2.05, 4.69) is 49.5 Å². The van der Waals surface area contributed by atoms with Crippen molar-refractivity contribution in [2.24, 2.45) is 0 Å². The van der Waals surface area contributed by atoms with Crippen LogP contribution in [0, 0.1) is 0 Å². The minimum Gasteiger partial charge on any atom is -0.496 e. The molecule has 0 aliphatic carbocycles. The molecule has 1 aliphatic heterocycles. The molecule has 98 valence electrons. The summed E-state index contributed by atoms with van der Waals surface area (Å²) in [4.78, 5) is 0. The summed E-state index contributed by atoms with van der Waals surface area (Å²) in [6.45, 7) is 6.11. The molecule has 0 saturated heterocycles. The maximum Gasteiger partial charge on any atom is 0.113 e. The van der Waals surface area contributed by atoms with Crippen LogP contribution in [-0.4, -0.2) is 13.2 Å². The standard InChI is InChI=1S/C16H23NO/c1-3-13-8-10-14(11-9-13)16(17-4-2)15-7-5-6-12-18-15/h7-11,16-17H,3-6,12H2,1-2H3. The molecular weight excluding hydrogens is 222 g/mol. The second kappa shape index (κ2) is 6.60. The molecule has 2 nitrogen and oxygen atoms in total. The zero-order chi connectivity index (χ0) is 12.8. The summed E-state index contributed by atoms with van der Waals surface area (Å²) < 4.78 is 5.80. The average Bonchev–Trinajstić information content (AvgIpc) is 2.46. The quantitative estimate of drug-likeness (QED) is 0.856. The molecule has 18 heavy (non-hydrogen) atoms. The molecule has 0 fully saturated rings. The van der Waals surface area contributed by atoms with E-state index in [1.807, 2.05) is 0 Å². The minimum atomic E-state index is 0.209. The van der Waals surface area contributed by atoms with Gasteiger partial charge in [-0.2, -0.15) is 0 Å². The molecule has 0 saturated carbocycles. The Morgan fingerprint density at radius 2 is 2.00 bits per heavy atom. The van der Waals surface area contributed by atoms with Gasteiger partial charge in [0, 0.05) is 0 Å². The molecule has 1 aliphatic rings. The Balaban J connectivity index is 2.19. The van der Waals surface area contributed by atoms with Gasteiger partial charge in [-0.3, -0.25) is 0 Å². The number of allylic oxidation sites excluding steroid dienone is 1. The molecular formula is C16H23NO. The predicted molar refractivity (Wildman–Crippen MR) is 75.5 cm³/mol. The molecule has 1 unspecified atom stereocenters. The molecule has 1 aromatic rings. The number of aryl methyl sites for hydroxylation is 1. The number of nitrogens with one attached hydrogen (secondary N) is 1. The van der Waals surface area contributed by atoms with E-state index in [9.17, 15) is 0 Å². The summed E-state index contributed by atoms with van der Waals surface area (Å²) in [5.41, 5.74) is 2.68. The van der Waals surface area contributed by atoms with Crippen molar-refractivity contribution in [3.8, 4) is 0 Å². The van der Waals surface area contributed by atoms with Crippen LogP contribution < -0.4 is 5.32 Å². The minimum absolute atomic E-state index is 0.209. The first-order chi connectivity index (χ1) is 8.85. The van der Waals surface area contributed by atoms with Crippen molar-refractivity contribution in [2.45, 2.75) is 39.2 Å². The van der Waals surface area contributed by atoms with Gasteiger partial charge in [0.25, 0.3) is 0 Å². The summed E-state index contributed by atoms with van der Waals surface area (Å²) in [5.74, 6) is 1.09. The first-order valence-electron chi connectivity index (χ1n) is 7.00. The smallest absolute Gasteiger partial charge is 0.113 e. The second-order valence-corrected chi connectivity index (χ2v) is 4.68. The van der Waals surface area contributed by atoms with Crippen molar-refractivity contribution in [3.05, 3.63) is 47.2 Å². The number of hydrogen-bond acceptors (Lipinski definition) is 2. The first-order valence-corrected chi connectivity index (χ1v) is 7.00. The predicted octanol–water partition coefficient (Wildman–Crippen LogP) is 3.59. The van der Waals surface area contributed by atoms with Crippen molar-refractivity contribution in [1.82, 2.24) is 5.32 Å². The van der Waals surface area contributed by atoms with Gasteiger partial charge >= 0.3 is 0 Å². The van der Waals surface area contributed by atoms with Crippen LogP contribution in [-0.2, 0) is 11.2 Å². The molecule has 1 N–H and O–H groups in total. The SMILES string of the molecule is CCNC(C1=CCCCO1)c1ccc(CC)cc1. The molecule has 1 heterocycles. The highest BCUT2D eigenvalue weighted by Crippen LogP contribution is 2.26. The molecule has 0 aromatic heterocycles. The van der Waals surface area contributed by atoms with Crippen LogP contribution in [0.1, 0.15) is 43.9 Å². The zero-order valence-corrected chi connectivity index (χ0v) is 11.4. The monoisotopic (exact) mass is 245 g/mol. The summed E-state index contributed by atoms with van der Waals surface area (Å²) in [7, 11) is 0. The molecule has 0 amide bonds. The first kappa shape index (κ1) is 13.2. The molecule has 2 heteroatoms. The molecule has 0 bridgehead atoms. The van der Waals surface area contributed by atoms with Gasteiger partial charge in [0.05, 0.1) is 12.6 Å². The second-order valence-electron chi connectivity index (χ2n) is 4.68. The number of benzene rings is 1. The van der Waals surface area contributed by atoms with Gasteiger partial charge in [-0.15, -0.1) is 0 Å². The van der Waals surface area contributed by atoms with Crippen LogP contribution in [0.5, 0.6) is 0 Å². The molecule has 1 atom stereocenters. The van der Waals surface area contributed by atoms with Gasteiger partial charge < -0.3 is 10.1 Å². The Morgan fingerprint density at radius 1 is 1.22 bits per heavy atom. The molecule has 0 radical (unpaired) electrons.